The van der Waals surface area contributed by atoms with Crippen molar-refractivity contribution in [2.75, 3.05) is 0 Å². The van der Waals surface area contributed by atoms with E-state index in [0.29, 0.717) is 21.7 Å². The first kappa shape index (κ1) is 21.2. The zero-order valence-corrected chi connectivity index (χ0v) is 19.0. The maximum atomic E-state index is 12.0. The van der Waals surface area contributed by atoms with E-state index in [-0.39, 0.29) is 5.69 Å². The Morgan fingerprint density at radius 3 is 2.67 bits per heavy atom. The fraction of sp³-hybridized carbons (Fsp3) is 0.304. The highest BCUT2D eigenvalue weighted by Gasteiger charge is 2.22. The fourth-order valence-electron chi connectivity index (χ4n) is 3.97. The predicted octanol–water partition coefficient (Wildman–Crippen LogP) is 6.91. The average Bonchev–Trinajstić information content (AvgIpc) is 3.31. The van der Waals surface area contributed by atoms with Crippen LogP contribution in [0.4, 0.5) is 0 Å². The fourth-order valence-corrected chi connectivity index (χ4v) is 5.47. The molecule has 1 aliphatic rings. The Morgan fingerprint density at radius 1 is 1.20 bits per heavy atom. The molecule has 2 N–H and O–H groups in total. The quantitative estimate of drug-likeness (QED) is 0.450. The van der Waals surface area contributed by atoms with Gasteiger partial charge in [-0.2, -0.15) is 5.10 Å². The zero-order valence-electron chi connectivity index (χ0n) is 16.7. The highest BCUT2D eigenvalue weighted by atomic mass is 35.5. The molecular weight excluding hydrogens is 437 g/mol. The van der Waals surface area contributed by atoms with Crippen LogP contribution in [0.15, 0.2) is 36.4 Å². The van der Waals surface area contributed by atoms with E-state index in [1.54, 1.807) is 34.2 Å². The topological polar surface area (TPSA) is 60.9 Å². The van der Waals surface area contributed by atoms with E-state index in [2.05, 4.69) is 29.4 Å². The van der Waals surface area contributed by atoms with Crippen LogP contribution in [-0.4, -0.2) is 15.7 Å². The second kappa shape index (κ2) is 8.96. The Kier molecular flexibility index (Phi) is 6.32. The molecule has 156 valence electrons. The van der Waals surface area contributed by atoms with Crippen molar-refractivity contribution < 1.29 is 4.79 Å². The first-order valence-corrected chi connectivity index (χ1v) is 11.6. The Balaban J connectivity index is 1.74. The van der Waals surface area contributed by atoms with Gasteiger partial charge >= 0.3 is 0 Å². The first-order chi connectivity index (χ1) is 14.4. The first-order valence-electron chi connectivity index (χ1n) is 10.1. The molecule has 1 fully saturated rings. The Morgan fingerprint density at radius 2 is 1.97 bits per heavy atom. The molecule has 0 unspecified atom stereocenters. The van der Waals surface area contributed by atoms with E-state index in [0.717, 1.165) is 16.1 Å². The van der Waals surface area contributed by atoms with Gasteiger partial charge in [-0.3, -0.25) is 4.79 Å². The van der Waals surface area contributed by atoms with Gasteiger partial charge in [0.25, 0.3) is 5.91 Å². The van der Waals surface area contributed by atoms with Crippen molar-refractivity contribution in [3.05, 3.63) is 62.6 Å². The molecule has 4 rings (SSSR count). The van der Waals surface area contributed by atoms with Crippen molar-refractivity contribution in [1.29, 1.82) is 0 Å². The van der Waals surface area contributed by atoms with Gasteiger partial charge in [0.05, 0.1) is 21.3 Å². The Hall–Kier alpha value is -2.08. The van der Waals surface area contributed by atoms with Crippen LogP contribution in [0, 0.1) is 12.8 Å². The van der Waals surface area contributed by atoms with E-state index in [1.165, 1.54) is 37.0 Å². The minimum absolute atomic E-state index is 0.240. The largest absolute Gasteiger partial charge is 0.364 e. The van der Waals surface area contributed by atoms with Crippen LogP contribution >= 0.6 is 34.5 Å². The van der Waals surface area contributed by atoms with Crippen molar-refractivity contribution >= 4 is 46.5 Å². The van der Waals surface area contributed by atoms with Gasteiger partial charge in [0, 0.05) is 15.5 Å². The number of amides is 1. The van der Waals surface area contributed by atoms with Crippen LogP contribution in [0.2, 0.25) is 10.0 Å². The summed E-state index contributed by atoms with van der Waals surface area (Å²) in [4.78, 5) is 14.1. The monoisotopic (exact) mass is 459 g/mol. The molecule has 4 nitrogen and oxygen atoms in total. The molecule has 30 heavy (non-hydrogen) atoms. The van der Waals surface area contributed by atoms with E-state index in [4.69, 9.17) is 28.9 Å². The number of carbonyl (C=O) groups is 1. The molecule has 2 heterocycles. The molecule has 1 saturated carbocycles. The SMILES string of the molecule is Cc1c(C(N)=O)nn(-c2ccc(Cl)cc2Cl)c1-c1ccc(/C=C/C2CCCCC2)s1. The minimum atomic E-state index is -0.563. The third-order valence-electron chi connectivity index (χ3n) is 5.54. The molecular formula is C23H23Cl2N3OS. The minimum Gasteiger partial charge on any atom is -0.364 e. The van der Waals surface area contributed by atoms with E-state index >= 15 is 0 Å². The third kappa shape index (κ3) is 4.34. The normalized spacial score (nSPS) is 15.2. The molecule has 0 aliphatic heterocycles. The molecule has 1 aromatic carbocycles. The second-order valence-electron chi connectivity index (χ2n) is 7.65. The highest BCUT2D eigenvalue weighted by Crippen LogP contribution is 2.36. The number of hydrogen-bond acceptors (Lipinski definition) is 3. The summed E-state index contributed by atoms with van der Waals surface area (Å²) in [6.45, 7) is 1.86. The lowest BCUT2D eigenvalue weighted by molar-refractivity contribution is 0.0994. The van der Waals surface area contributed by atoms with Gasteiger partial charge in [0.2, 0.25) is 0 Å². The lowest BCUT2D eigenvalue weighted by Crippen LogP contribution is -2.13. The highest BCUT2D eigenvalue weighted by molar-refractivity contribution is 7.16. The number of carbonyl (C=O) groups excluding carboxylic acids is 1. The smallest absolute Gasteiger partial charge is 0.269 e. The van der Waals surface area contributed by atoms with Gasteiger partial charge in [-0.25, -0.2) is 4.68 Å². The summed E-state index contributed by atoms with van der Waals surface area (Å²) in [5.41, 5.74) is 8.02. The van der Waals surface area contributed by atoms with Gasteiger partial charge in [-0.1, -0.05) is 48.5 Å². The van der Waals surface area contributed by atoms with Crippen molar-refractivity contribution in [1.82, 2.24) is 9.78 Å². The second-order valence-corrected chi connectivity index (χ2v) is 9.61. The molecule has 2 aromatic heterocycles. The zero-order chi connectivity index (χ0) is 21.3. The summed E-state index contributed by atoms with van der Waals surface area (Å²) in [7, 11) is 0. The molecule has 3 aromatic rings. The summed E-state index contributed by atoms with van der Waals surface area (Å²) in [6.07, 6.45) is 11.1. The number of nitrogens with two attached hydrogens (primary N) is 1. The van der Waals surface area contributed by atoms with Crippen LogP contribution in [0.3, 0.4) is 0 Å². The summed E-state index contributed by atoms with van der Waals surface area (Å²) in [5, 5.41) is 5.47. The molecule has 0 spiro atoms. The number of hydrogen-bond donors (Lipinski definition) is 1. The number of nitrogens with zero attached hydrogens (tertiary/aromatic N) is 2. The predicted molar refractivity (Wildman–Crippen MR) is 126 cm³/mol. The third-order valence-corrected chi connectivity index (χ3v) is 7.13. The number of aromatic nitrogens is 2. The van der Waals surface area contributed by atoms with Crippen LogP contribution in [0.25, 0.3) is 22.3 Å². The maximum absolute atomic E-state index is 12.0. The number of rotatable bonds is 5. The van der Waals surface area contributed by atoms with Crippen molar-refractivity contribution in [3.63, 3.8) is 0 Å². The van der Waals surface area contributed by atoms with Crippen molar-refractivity contribution in [2.24, 2.45) is 11.7 Å². The van der Waals surface area contributed by atoms with Gasteiger partial charge in [-0.05, 0) is 62.1 Å². The Labute approximate surface area is 190 Å². The number of halogens is 2. The summed E-state index contributed by atoms with van der Waals surface area (Å²) in [6, 6.07) is 9.36. The summed E-state index contributed by atoms with van der Waals surface area (Å²) in [5.74, 6) is 0.109. The Bertz CT molecular complexity index is 1110. The molecule has 0 saturated heterocycles. The standard InChI is InChI=1S/C23H23Cl2N3OS/c1-14-21(23(26)29)27-28(19-11-8-16(24)13-18(19)25)22(14)20-12-10-17(30-20)9-7-15-5-3-2-4-6-15/h7-13,15H,2-6H2,1H3,(H2,26,29)/b9-7+. The van der Waals surface area contributed by atoms with Gasteiger partial charge in [0.15, 0.2) is 5.69 Å². The van der Waals surface area contributed by atoms with Crippen molar-refractivity contribution in [3.8, 4) is 16.3 Å². The summed E-state index contributed by atoms with van der Waals surface area (Å²) >= 11 is 14.2. The maximum Gasteiger partial charge on any atom is 0.269 e. The molecule has 1 amide bonds. The van der Waals surface area contributed by atoms with E-state index in [9.17, 15) is 4.79 Å². The number of allylic oxidation sites excluding steroid dienone is 1. The lowest BCUT2D eigenvalue weighted by atomic mass is 9.89. The van der Waals surface area contributed by atoms with Crippen LogP contribution in [0.5, 0.6) is 0 Å². The number of thiophene rings is 1. The van der Waals surface area contributed by atoms with Crippen LogP contribution < -0.4 is 5.73 Å². The van der Waals surface area contributed by atoms with E-state index < -0.39 is 5.91 Å². The van der Waals surface area contributed by atoms with Crippen LogP contribution in [0.1, 0.15) is 53.0 Å². The average molecular weight is 460 g/mol. The van der Waals surface area contributed by atoms with Gasteiger partial charge in [0.1, 0.15) is 0 Å². The van der Waals surface area contributed by atoms with Crippen LogP contribution in [-0.2, 0) is 0 Å². The van der Waals surface area contributed by atoms with E-state index in [1.807, 2.05) is 6.92 Å². The lowest BCUT2D eigenvalue weighted by Gasteiger charge is -2.17. The molecule has 7 heteroatoms. The number of benzene rings is 1. The summed E-state index contributed by atoms with van der Waals surface area (Å²) < 4.78 is 1.69. The molecule has 0 bridgehead atoms. The number of primary amides is 1. The molecule has 1 aliphatic carbocycles. The van der Waals surface area contributed by atoms with Gasteiger partial charge < -0.3 is 5.73 Å². The molecule has 0 atom stereocenters. The molecule has 0 radical (unpaired) electrons. The van der Waals surface area contributed by atoms with Crippen molar-refractivity contribution in [2.45, 2.75) is 39.0 Å². The van der Waals surface area contributed by atoms with Gasteiger partial charge in [-0.15, -0.1) is 11.3 Å².